The van der Waals surface area contributed by atoms with Gasteiger partial charge < -0.3 is 10.1 Å². The van der Waals surface area contributed by atoms with E-state index in [1.165, 1.54) is 0 Å². The van der Waals surface area contributed by atoms with E-state index in [0.717, 1.165) is 32.2 Å². The predicted molar refractivity (Wildman–Crippen MR) is 76.8 cm³/mol. The van der Waals surface area contributed by atoms with Crippen LogP contribution in [0.4, 0.5) is 13.2 Å². The van der Waals surface area contributed by atoms with Crippen molar-refractivity contribution in [1.29, 1.82) is 0 Å². The van der Waals surface area contributed by atoms with Crippen LogP contribution < -0.4 is 5.32 Å². The normalized spacial score (nSPS) is 23.5. The predicted octanol–water partition coefficient (Wildman–Crippen LogP) is 1.08. The quantitative estimate of drug-likeness (QED) is 0.852. The molecule has 0 saturated carbocycles. The average Bonchev–Trinajstić information content (AvgIpc) is 3.22. The van der Waals surface area contributed by atoms with Gasteiger partial charge in [-0.2, -0.15) is 13.2 Å². The number of amides is 1. The highest BCUT2D eigenvalue weighted by Gasteiger charge is 2.37. The van der Waals surface area contributed by atoms with Gasteiger partial charge >= 0.3 is 6.18 Å². The molecule has 2 fully saturated rings. The number of H-pyrrole nitrogens is 1. The molecule has 7 nitrogen and oxygen atoms in total. The van der Waals surface area contributed by atoms with Gasteiger partial charge in [-0.25, -0.2) is 4.98 Å². The Morgan fingerprint density at radius 3 is 2.75 bits per heavy atom. The zero-order valence-corrected chi connectivity index (χ0v) is 13.1. The number of aromatic amines is 1. The third-order valence-corrected chi connectivity index (χ3v) is 4.47. The summed E-state index contributed by atoms with van der Waals surface area (Å²) in [5.74, 6) is -1.41. The fraction of sp³-hybridized carbons (Fsp3) is 0.786. The van der Waals surface area contributed by atoms with E-state index in [4.69, 9.17) is 4.74 Å². The molecule has 134 valence electrons. The summed E-state index contributed by atoms with van der Waals surface area (Å²) in [5.41, 5.74) is 0. The maximum atomic E-state index is 12.5. The third kappa shape index (κ3) is 3.86. The molecule has 0 aliphatic carbocycles. The first-order valence-electron chi connectivity index (χ1n) is 8.05. The number of nitrogens with one attached hydrogen (secondary N) is 2. The summed E-state index contributed by atoms with van der Waals surface area (Å²) in [6.07, 6.45) is -1.09. The van der Waals surface area contributed by atoms with Crippen LogP contribution in [0.25, 0.3) is 0 Å². The van der Waals surface area contributed by atoms with Crippen molar-refractivity contribution in [3.05, 3.63) is 11.6 Å². The lowest BCUT2D eigenvalue weighted by molar-refractivity contribution is -0.144. The van der Waals surface area contributed by atoms with Gasteiger partial charge in [0.05, 0.1) is 12.6 Å². The minimum absolute atomic E-state index is 0.00807. The van der Waals surface area contributed by atoms with E-state index in [9.17, 15) is 18.0 Å². The van der Waals surface area contributed by atoms with Crippen molar-refractivity contribution in [3.8, 4) is 0 Å². The number of nitrogens with zero attached hydrogens (tertiary/aromatic N) is 3. The van der Waals surface area contributed by atoms with E-state index in [-0.39, 0.29) is 24.3 Å². The summed E-state index contributed by atoms with van der Waals surface area (Å²) in [6, 6.07) is 0.0946. The zero-order chi connectivity index (χ0) is 17.2. The summed E-state index contributed by atoms with van der Waals surface area (Å²) in [4.78, 5) is 18.0. The Morgan fingerprint density at radius 1 is 1.33 bits per heavy atom. The van der Waals surface area contributed by atoms with Gasteiger partial charge in [0.1, 0.15) is 5.82 Å². The SMILES string of the molecule is O=C(NCc1nc(C(F)(F)F)n[nH]1)C1CCCN1C1CCOCC1. The lowest BCUT2D eigenvalue weighted by Gasteiger charge is -2.34. The Labute approximate surface area is 136 Å². The largest absolute Gasteiger partial charge is 0.453 e. The van der Waals surface area contributed by atoms with Crippen molar-refractivity contribution in [2.75, 3.05) is 19.8 Å². The fourth-order valence-electron chi connectivity index (χ4n) is 3.31. The van der Waals surface area contributed by atoms with E-state index in [2.05, 4.69) is 25.4 Å². The fourth-order valence-corrected chi connectivity index (χ4v) is 3.31. The number of rotatable bonds is 4. The molecule has 0 aromatic carbocycles. The molecule has 2 saturated heterocycles. The van der Waals surface area contributed by atoms with Gasteiger partial charge in [0.15, 0.2) is 0 Å². The summed E-state index contributed by atoms with van der Waals surface area (Å²) < 4.78 is 42.7. The van der Waals surface area contributed by atoms with Gasteiger partial charge in [0, 0.05) is 19.3 Å². The molecule has 1 atom stereocenters. The third-order valence-electron chi connectivity index (χ3n) is 4.47. The summed E-state index contributed by atoms with van der Waals surface area (Å²) in [5, 5.41) is 7.98. The first-order valence-corrected chi connectivity index (χ1v) is 8.05. The van der Waals surface area contributed by atoms with Gasteiger partial charge in [-0.3, -0.25) is 14.8 Å². The molecular weight excluding hydrogens is 327 g/mol. The van der Waals surface area contributed by atoms with E-state index in [1.807, 2.05) is 0 Å². The Morgan fingerprint density at radius 2 is 2.08 bits per heavy atom. The van der Waals surface area contributed by atoms with Gasteiger partial charge in [-0.1, -0.05) is 0 Å². The van der Waals surface area contributed by atoms with Crippen LogP contribution in [-0.2, 0) is 22.3 Å². The summed E-state index contributed by atoms with van der Waals surface area (Å²) >= 11 is 0. The molecule has 1 unspecified atom stereocenters. The molecule has 1 aromatic heterocycles. The highest BCUT2D eigenvalue weighted by atomic mass is 19.4. The lowest BCUT2D eigenvalue weighted by atomic mass is 10.1. The van der Waals surface area contributed by atoms with Gasteiger partial charge in [0.25, 0.3) is 5.82 Å². The first-order chi connectivity index (χ1) is 11.4. The molecule has 3 rings (SSSR count). The van der Waals surface area contributed by atoms with Gasteiger partial charge in [-0.05, 0) is 32.2 Å². The number of hydrogen-bond donors (Lipinski definition) is 2. The van der Waals surface area contributed by atoms with Crippen molar-refractivity contribution in [2.45, 2.75) is 50.5 Å². The number of aromatic nitrogens is 3. The number of carbonyl (C=O) groups excluding carboxylic acids is 1. The number of hydrogen-bond acceptors (Lipinski definition) is 5. The van der Waals surface area contributed by atoms with Crippen molar-refractivity contribution in [2.24, 2.45) is 0 Å². The minimum Gasteiger partial charge on any atom is -0.381 e. The second kappa shape index (κ2) is 7.06. The van der Waals surface area contributed by atoms with Crippen LogP contribution >= 0.6 is 0 Å². The number of alkyl halides is 3. The molecular formula is C14H20F3N5O2. The number of ether oxygens (including phenoxy) is 1. The van der Waals surface area contributed by atoms with E-state index in [0.29, 0.717) is 19.3 Å². The second-order valence-corrected chi connectivity index (χ2v) is 6.06. The van der Waals surface area contributed by atoms with Crippen molar-refractivity contribution in [3.63, 3.8) is 0 Å². The smallest absolute Gasteiger partial charge is 0.381 e. The molecule has 10 heteroatoms. The van der Waals surface area contributed by atoms with Crippen LogP contribution in [0.5, 0.6) is 0 Å². The lowest BCUT2D eigenvalue weighted by Crippen LogP contribution is -2.49. The highest BCUT2D eigenvalue weighted by Crippen LogP contribution is 2.26. The molecule has 2 N–H and O–H groups in total. The van der Waals surface area contributed by atoms with Gasteiger partial charge in [-0.15, -0.1) is 5.10 Å². The van der Waals surface area contributed by atoms with Crippen LogP contribution in [0.1, 0.15) is 37.3 Å². The zero-order valence-electron chi connectivity index (χ0n) is 13.1. The van der Waals surface area contributed by atoms with Crippen molar-refractivity contribution < 1.29 is 22.7 Å². The standard InChI is InChI=1S/C14H20F3N5O2/c15-14(16,17)13-19-11(20-21-13)8-18-12(23)10-2-1-5-22(10)9-3-6-24-7-4-9/h9-10H,1-8H2,(H,18,23)(H,19,20,21). The second-order valence-electron chi connectivity index (χ2n) is 6.06. The van der Waals surface area contributed by atoms with E-state index >= 15 is 0 Å². The van der Waals surface area contributed by atoms with Crippen molar-refractivity contribution in [1.82, 2.24) is 25.4 Å². The molecule has 0 spiro atoms. The van der Waals surface area contributed by atoms with Crippen LogP contribution in [0.2, 0.25) is 0 Å². The van der Waals surface area contributed by atoms with E-state index < -0.39 is 12.0 Å². The molecule has 0 radical (unpaired) electrons. The molecule has 1 aromatic rings. The molecule has 24 heavy (non-hydrogen) atoms. The Kier molecular flexibility index (Phi) is 5.04. The maximum absolute atomic E-state index is 12.5. The Balaban J connectivity index is 1.55. The van der Waals surface area contributed by atoms with Gasteiger partial charge in [0.2, 0.25) is 5.91 Å². The Hall–Kier alpha value is -1.68. The minimum atomic E-state index is -4.59. The number of halogens is 3. The molecule has 0 bridgehead atoms. The molecule has 1 amide bonds. The van der Waals surface area contributed by atoms with Crippen molar-refractivity contribution >= 4 is 5.91 Å². The number of likely N-dealkylation sites (tertiary alicyclic amines) is 1. The molecule has 3 heterocycles. The first kappa shape index (κ1) is 17.2. The molecule has 2 aliphatic rings. The Bertz CT molecular complexity index is 571. The van der Waals surface area contributed by atoms with Crippen LogP contribution in [0, 0.1) is 0 Å². The topological polar surface area (TPSA) is 83.1 Å². The van der Waals surface area contributed by atoms with Crippen LogP contribution in [0.3, 0.4) is 0 Å². The van der Waals surface area contributed by atoms with Crippen LogP contribution in [-0.4, -0.2) is 57.8 Å². The van der Waals surface area contributed by atoms with E-state index in [1.54, 1.807) is 0 Å². The highest BCUT2D eigenvalue weighted by molar-refractivity contribution is 5.82. The summed E-state index contributed by atoms with van der Waals surface area (Å²) in [6.45, 7) is 2.17. The number of carbonyl (C=O) groups is 1. The average molecular weight is 347 g/mol. The van der Waals surface area contributed by atoms with Crippen LogP contribution in [0.15, 0.2) is 0 Å². The summed E-state index contributed by atoms with van der Waals surface area (Å²) in [7, 11) is 0. The monoisotopic (exact) mass is 347 g/mol. The molecule has 2 aliphatic heterocycles. The maximum Gasteiger partial charge on any atom is 0.453 e.